The summed E-state index contributed by atoms with van der Waals surface area (Å²) in [5, 5.41) is 9.83. The zero-order valence-electron chi connectivity index (χ0n) is 20.8. The maximum Gasteiger partial charge on any atom is 0.338 e. The van der Waals surface area contributed by atoms with Crippen LogP contribution in [0.5, 0.6) is 0 Å². The summed E-state index contributed by atoms with van der Waals surface area (Å²) in [5.74, 6) is -1.40. The maximum atomic E-state index is 12.6. The minimum absolute atomic E-state index is 0.0920. The molecule has 0 aliphatic heterocycles. The number of carboxylic acids is 1. The van der Waals surface area contributed by atoms with Crippen molar-refractivity contribution < 1.29 is 19.4 Å². The van der Waals surface area contributed by atoms with E-state index in [0.717, 1.165) is 11.1 Å². The predicted octanol–water partition coefficient (Wildman–Crippen LogP) is 6.00. The maximum absolute atomic E-state index is 12.6. The molecule has 2 atom stereocenters. The van der Waals surface area contributed by atoms with Gasteiger partial charge in [0.05, 0.1) is 12.0 Å². The lowest BCUT2D eigenvalue weighted by Crippen LogP contribution is -2.33. The zero-order chi connectivity index (χ0) is 25.6. The van der Waals surface area contributed by atoms with Gasteiger partial charge in [-0.25, -0.2) is 4.79 Å². The number of carboxylic acid groups (broad SMARTS) is 1. The molecule has 0 aliphatic rings. The first-order chi connectivity index (χ1) is 16.5. The second-order valence-electron chi connectivity index (χ2n) is 9.70. The Bertz CT molecular complexity index is 1140. The number of rotatable bonds is 9. The summed E-state index contributed by atoms with van der Waals surface area (Å²) in [6, 6.07) is 24.3. The topological polar surface area (TPSA) is 92.9 Å². The quantitative estimate of drug-likeness (QED) is 0.292. The SMILES string of the molecule is C[C@@H](c1ccccc1)N(Cc1ccccc1)[C@H](CC(=O)O)c1ccc(C(=O)OC(C)(C)C)cc1N. The number of nitrogens with two attached hydrogens (primary N) is 1. The van der Waals surface area contributed by atoms with Crippen LogP contribution in [-0.4, -0.2) is 27.5 Å². The van der Waals surface area contributed by atoms with Crippen LogP contribution in [0.3, 0.4) is 0 Å². The molecule has 184 valence electrons. The first kappa shape index (κ1) is 26.0. The predicted molar refractivity (Wildman–Crippen MR) is 138 cm³/mol. The summed E-state index contributed by atoms with van der Waals surface area (Å²) in [4.78, 5) is 26.7. The minimum Gasteiger partial charge on any atom is -0.481 e. The van der Waals surface area contributed by atoms with Crippen molar-refractivity contribution in [1.29, 1.82) is 0 Å². The molecule has 0 saturated carbocycles. The van der Waals surface area contributed by atoms with Crippen molar-refractivity contribution in [3.8, 4) is 0 Å². The molecule has 0 fully saturated rings. The van der Waals surface area contributed by atoms with Gasteiger partial charge >= 0.3 is 11.9 Å². The van der Waals surface area contributed by atoms with E-state index in [0.29, 0.717) is 23.4 Å². The fourth-order valence-corrected chi connectivity index (χ4v) is 4.15. The first-order valence-electron chi connectivity index (χ1n) is 11.7. The van der Waals surface area contributed by atoms with Crippen molar-refractivity contribution in [2.45, 2.75) is 58.3 Å². The van der Waals surface area contributed by atoms with Crippen LogP contribution in [0, 0.1) is 0 Å². The average Bonchev–Trinajstić information content (AvgIpc) is 2.81. The Morgan fingerprint density at radius 2 is 1.57 bits per heavy atom. The molecule has 35 heavy (non-hydrogen) atoms. The monoisotopic (exact) mass is 474 g/mol. The highest BCUT2D eigenvalue weighted by Gasteiger charge is 2.30. The average molecular weight is 475 g/mol. The number of hydrogen-bond acceptors (Lipinski definition) is 5. The Labute approximate surface area is 207 Å². The molecular weight excluding hydrogens is 440 g/mol. The van der Waals surface area contributed by atoms with Gasteiger partial charge in [-0.05, 0) is 56.5 Å². The number of aliphatic carboxylic acids is 1. The summed E-state index contributed by atoms with van der Waals surface area (Å²) in [7, 11) is 0. The second-order valence-corrected chi connectivity index (χ2v) is 9.70. The van der Waals surface area contributed by atoms with E-state index in [1.165, 1.54) is 0 Å². The highest BCUT2D eigenvalue weighted by atomic mass is 16.6. The van der Waals surface area contributed by atoms with Crippen LogP contribution in [-0.2, 0) is 16.1 Å². The van der Waals surface area contributed by atoms with Gasteiger partial charge in [0.1, 0.15) is 5.60 Å². The number of anilines is 1. The molecule has 0 amide bonds. The van der Waals surface area contributed by atoms with E-state index in [1.54, 1.807) is 39.0 Å². The molecule has 0 spiro atoms. The Balaban J connectivity index is 2.04. The molecule has 3 N–H and O–H groups in total. The molecule has 6 heteroatoms. The van der Waals surface area contributed by atoms with Gasteiger partial charge in [-0.15, -0.1) is 0 Å². The van der Waals surface area contributed by atoms with Crippen molar-refractivity contribution >= 4 is 17.6 Å². The highest BCUT2D eigenvalue weighted by Crippen LogP contribution is 2.37. The van der Waals surface area contributed by atoms with Gasteiger partial charge < -0.3 is 15.6 Å². The van der Waals surface area contributed by atoms with Crippen molar-refractivity contribution in [2.75, 3.05) is 5.73 Å². The number of nitrogens with zero attached hydrogens (tertiary/aromatic N) is 1. The van der Waals surface area contributed by atoms with Gasteiger partial charge in [0.15, 0.2) is 0 Å². The molecule has 0 radical (unpaired) electrons. The number of nitrogen functional groups attached to an aromatic ring is 1. The summed E-state index contributed by atoms with van der Waals surface area (Å²) in [5.41, 5.74) is 9.31. The van der Waals surface area contributed by atoms with Crippen molar-refractivity contribution in [2.24, 2.45) is 0 Å². The van der Waals surface area contributed by atoms with E-state index < -0.39 is 23.6 Å². The Kier molecular flexibility index (Phi) is 8.30. The van der Waals surface area contributed by atoms with Crippen LogP contribution in [0.15, 0.2) is 78.9 Å². The van der Waals surface area contributed by atoms with Gasteiger partial charge in [-0.1, -0.05) is 66.7 Å². The van der Waals surface area contributed by atoms with E-state index in [-0.39, 0.29) is 12.5 Å². The third kappa shape index (κ3) is 7.17. The van der Waals surface area contributed by atoms with Crippen LogP contribution >= 0.6 is 0 Å². The van der Waals surface area contributed by atoms with Crippen LogP contribution in [0.25, 0.3) is 0 Å². The molecule has 0 heterocycles. The standard InChI is InChI=1S/C29H34N2O4/c1-20(22-13-9-6-10-14-22)31(19-21-11-7-5-8-12-21)26(18-27(32)33)24-16-15-23(17-25(24)30)28(34)35-29(2,3)4/h5-17,20,26H,18-19,30H2,1-4H3,(H,32,33)/t20-,26+/m0/s1. The van der Waals surface area contributed by atoms with E-state index in [1.807, 2.05) is 60.7 Å². The molecule has 0 saturated heterocycles. The van der Waals surface area contributed by atoms with E-state index >= 15 is 0 Å². The third-order valence-corrected chi connectivity index (χ3v) is 5.84. The number of benzene rings is 3. The van der Waals surface area contributed by atoms with Gasteiger partial charge in [0, 0.05) is 24.3 Å². The van der Waals surface area contributed by atoms with Crippen molar-refractivity contribution in [1.82, 2.24) is 4.90 Å². The fourth-order valence-electron chi connectivity index (χ4n) is 4.15. The first-order valence-corrected chi connectivity index (χ1v) is 11.7. The molecule has 3 aromatic carbocycles. The molecule has 0 unspecified atom stereocenters. The highest BCUT2D eigenvalue weighted by molar-refractivity contribution is 5.91. The van der Waals surface area contributed by atoms with Crippen molar-refractivity contribution in [3.63, 3.8) is 0 Å². The smallest absolute Gasteiger partial charge is 0.338 e. The largest absolute Gasteiger partial charge is 0.481 e. The summed E-state index contributed by atoms with van der Waals surface area (Å²) in [6.07, 6.45) is -0.139. The van der Waals surface area contributed by atoms with Gasteiger partial charge in [0.2, 0.25) is 0 Å². The molecule has 3 aromatic rings. The van der Waals surface area contributed by atoms with Crippen LogP contribution in [0.1, 0.15) is 73.2 Å². The molecule has 0 bridgehead atoms. The summed E-state index contributed by atoms with van der Waals surface area (Å²) in [6.45, 7) is 8.01. The summed E-state index contributed by atoms with van der Waals surface area (Å²) >= 11 is 0. The fraction of sp³-hybridized carbons (Fsp3) is 0.310. The second kappa shape index (κ2) is 11.2. The lowest BCUT2D eigenvalue weighted by molar-refractivity contribution is -0.138. The molecular formula is C29H34N2O4. The number of hydrogen-bond donors (Lipinski definition) is 2. The number of carbonyl (C=O) groups excluding carboxylic acids is 1. The van der Waals surface area contributed by atoms with Crippen LogP contribution < -0.4 is 5.73 Å². The summed E-state index contributed by atoms with van der Waals surface area (Å²) < 4.78 is 5.47. The normalized spacial score (nSPS) is 13.3. The lowest BCUT2D eigenvalue weighted by Gasteiger charge is -2.37. The van der Waals surface area contributed by atoms with Crippen LogP contribution in [0.4, 0.5) is 5.69 Å². The number of esters is 1. The van der Waals surface area contributed by atoms with E-state index in [2.05, 4.69) is 11.8 Å². The molecule has 0 aliphatic carbocycles. The van der Waals surface area contributed by atoms with Crippen molar-refractivity contribution in [3.05, 3.63) is 101 Å². The Morgan fingerprint density at radius 3 is 2.11 bits per heavy atom. The van der Waals surface area contributed by atoms with E-state index in [9.17, 15) is 14.7 Å². The lowest BCUT2D eigenvalue weighted by atomic mass is 9.94. The molecule has 0 aromatic heterocycles. The number of carbonyl (C=O) groups is 2. The molecule has 6 nitrogen and oxygen atoms in total. The van der Waals surface area contributed by atoms with E-state index in [4.69, 9.17) is 10.5 Å². The Morgan fingerprint density at radius 1 is 0.971 bits per heavy atom. The van der Waals surface area contributed by atoms with Crippen LogP contribution in [0.2, 0.25) is 0 Å². The Hall–Kier alpha value is -3.64. The minimum atomic E-state index is -0.927. The van der Waals surface area contributed by atoms with Gasteiger partial charge in [0.25, 0.3) is 0 Å². The van der Waals surface area contributed by atoms with Gasteiger partial charge in [-0.3, -0.25) is 9.69 Å². The zero-order valence-corrected chi connectivity index (χ0v) is 20.8. The van der Waals surface area contributed by atoms with Gasteiger partial charge in [-0.2, -0.15) is 0 Å². The molecule has 3 rings (SSSR count). The third-order valence-electron chi connectivity index (χ3n) is 5.84. The number of ether oxygens (including phenoxy) is 1.